The number of furan rings is 1. The lowest BCUT2D eigenvalue weighted by Gasteiger charge is -2.00. The maximum absolute atomic E-state index is 5.51. The molecule has 0 aliphatic rings. The zero-order valence-electron chi connectivity index (χ0n) is 6.97. The summed E-state index contributed by atoms with van der Waals surface area (Å²) in [6.07, 6.45) is 4.84. The standard InChI is InChI=1S/C9H9N3O/c10-6-7-9(12-4-3-11-7)8-2-1-5-13-8/h1-5H,6,10H2. The number of hydrogen-bond donors (Lipinski definition) is 1. The predicted octanol–water partition coefficient (Wildman–Crippen LogP) is 1.20. The maximum atomic E-state index is 5.51. The molecule has 0 saturated carbocycles. The fourth-order valence-electron chi connectivity index (χ4n) is 1.14. The average molecular weight is 175 g/mol. The Morgan fingerprint density at radius 2 is 2.15 bits per heavy atom. The molecule has 2 aromatic rings. The lowest BCUT2D eigenvalue weighted by atomic mass is 10.2. The lowest BCUT2D eigenvalue weighted by Crippen LogP contribution is -2.02. The Kier molecular flexibility index (Phi) is 2.06. The van der Waals surface area contributed by atoms with Gasteiger partial charge in [0.15, 0.2) is 5.76 Å². The van der Waals surface area contributed by atoms with Crippen molar-refractivity contribution in [1.82, 2.24) is 9.97 Å². The van der Waals surface area contributed by atoms with Gasteiger partial charge in [0.1, 0.15) is 5.69 Å². The second kappa shape index (κ2) is 3.37. The van der Waals surface area contributed by atoms with Crippen LogP contribution in [0, 0.1) is 0 Å². The van der Waals surface area contributed by atoms with Crippen LogP contribution in [0.4, 0.5) is 0 Å². The maximum Gasteiger partial charge on any atom is 0.154 e. The minimum Gasteiger partial charge on any atom is -0.463 e. The number of rotatable bonds is 2. The third-order valence-electron chi connectivity index (χ3n) is 1.72. The van der Waals surface area contributed by atoms with Crippen LogP contribution in [0.15, 0.2) is 35.2 Å². The Morgan fingerprint density at radius 1 is 1.31 bits per heavy atom. The van der Waals surface area contributed by atoms with Gasteiger partial charge in [0.2, 0.25) is 0 Å². The third kappa shape index (κ3) is 1.43. The first-order chi connectivity index (χ1) is 6.42. The summed E-state index contributed by atoms with van der Waals surface area (Å²) in [5, 5.41) is 0. The van der Waals surface area contributed by atoms with Crippen LogP contribution in [0.25, 0.3) is 11.5 Å². The van der Waals surface area contributed by atoms with E-state index in [1.165, 1.54) is 0 Å². The molecule has 2 N–H and O–H groups in total. The molecule has 0 fully saturated rings. The monoisotopic (exact) mass is 175 g/mol. The largest absolute Gasteiger partial charge is 0.463 e. The van der Waals surface area contributed by atoms with Crippen LogP contribution in [0.5, 0.6) is 0 Å². The van der Waals surface area contributed by atoms with Crippen molar-refractivity contribution in [3.8, 4) is 11.5 Å². The van der Waals surface area contributed by atoms with E-state index in [2.05, 4.69) is 9.97 Å². The number of hydrogen-bond acceptors (Lipinski definition) is 4. The molecule has 0 saturated heterocycles. The van der Waals surface area contributed by atoms with E-state index < -0.39 is 0 Å². The van der Waals surface area contributed by atoms with Crippen molar-refractivity contribution < 1.29 is 4.42 Å². The van der Waals surface area contributed by atoms with E-state index in [0.29, 0.717) is 12.3 Å². The van der Waals surface area contributed by atoms with Gasteiger partial charge < -0.3 is 10.2 Å². The minimum atomic E-state index is 0.365. The number of aromatic nitrogens is 2. The Bertz CT molecular complexity index is 384. The molecule has 4 nitrogen and oxygen atoms in total. The zero-order valence-corrected chi connectivity index (χ0v) is 6.97. The van der Waals surface area contributed by atoms with Gasteiger partial charge in [-0.15, -0.1) is 0 Å². The van der Waals surface area contributed by atoms with E-state index in [-0.39, 0.29) is 0 Å². The Balaban J connectivity index is 2.51. The van der Waals surface area contributed by atoms with E-state index in [1.807, 2.05) is 12.1 Å². The van der Waals surface area contributed by atoms with Crippen LogP contribution in [0.2, 0.25) is 0 Å². The highest BCUT2D eigenvalue weighted by Gasteiger charge is 2.07. The van der Waals surface area contributed by atoms with E-state index >= 15 is 0 Å². The van der Waals surface area contributed by atoms with Gasteiger partial charge in [-0.25, -0.2) is 4.98 Å². The highest BCUT2D eigenvalue weighted by molar-refractivity contribution is 5.54. The molecule has 2 aromatic heterocycles. The van der Waals surface area contributed by atoms with Gasteiger partial charge in [-0.1, -0.05) is 0 Å². The van der Waals surface area contributed by atoms with Crippen LogP contribution in [0.3, 0.4) is 0 Å². The summed E-state index contributed by atoms with van der Waals surface area (Å²) in [6.45, 7) is 0.365. The molecular weight excluding hydrogens is 166 g/mol. The summed E-state index contributed by atoms with van der Waals surface area (Å²) < 4.78 is 5.20. The van der Waals surface area contributed by atoms with Crippen molar-refractivity contribution in [2.75, 3.05) is 0 Å². The molecule has 0 aliphatic heterocycles. The van der Waals surface area contributed by atoms with E-state index in [9.17, 15) is 0 Å². The van der Waals surface area contributed by atoms with Crippen molar-refractivity contribution >= 4 is 0 Å². The molecule has 0 radical (unpaired) electrons. The Hall–Kier alpha value is -1.68. The molecule has 0 unspecified atom stereocenters. The Morgan fingerprint density at radius 3 is 2.85 bits per heavy atom. The summed E-state index contributed by atoms with van der Waals surface area (Å²) >= 11 is 0. The van der Waals surface area contributed by atoms with Crippen molar-refractivity contribution in [2.45, 2.75) is 6.54 Å². The summed E-state index contributed by atoms with van der Waals surface area (Å²) in [6, 6.07) is 3.65. The smallest absolute Gasteiger partial charge is 0.154 e. The second-order valence-corrected chi connectivity index (χ2v) is 2.53. The number of nitrogens with two attached hydrogens (primary N) is 1. The van der Waals surface area contributed by atoms with Crippen molar-refractivity contribution in [1.29, 1.82) is 0 Å². The highest BCUT2D eigenvalue weighted by Crippen LogP contribution is 2.18. The van der Waals surface area contributed by atoms with Gasteiger partial charge in [0, 0.05) is 18.9 Å². The first-order valence-electron chi connectivity index (χ1n) is 3.95. The van der Waals surface area contributed by atoms with Gasteiger partial charge in [0.25, 0.3) is 0 Å². The Labute approximate surface area is 75.4 Å². The second-order valence-electron chi connectivity index (χ2n) is 2.53. The van der Waals surface area contributed by atoms with Gasteiger partial charge in [-0.05, 0) is 12.1 Å². The summed E-state index contributed by atoms with van der Waals surface area (Å²) in [4.78, 5) is 8.26. The zero-order chi connectivity index (χ0) is 9.10. The fraction of sp³-hybridized carbons (Fsp3) is 0.111. The van der Waals surface area contributed by atoms with E-state index in [1.54, 1.807) is 18.7 Å². The molecule has 0 aliphatic carbocycles. The van der Waals surface area contributed by atoms with Gasteiger partial charge in [0.05, 0.1) is 12.0 Å². The van der Waals surface area contributed by atoms with Crippen LogP contribution in [0.1, 0.15) is 5.69 Å². The van der Waals surface area contributed by atoms with Gasteiger partial charge >= 0.3 is 0 Å². The molecule has 2 rings (SSSR count). The molecule has 0 spiro atoms. The predicted molar refractivity (Wildman–Crippen MR) is 47.6 cm³/mol. The van der Waals surface area contributed by atoms with Crippen LogP contribution < -0.4 is 5.73 Å². The summed E-state index contributed by atoms with van der Waals surface area (Å²) in [5.41, 5.74) is 6.98. The molecule has 0 amide bonds. The third-order valence-corrected chi connectivity index (χ3v) is 1.72. The molecule has 13 heavy (non-hydrogen) atoms. The molecule has 0 atom stereocenters. The molecular formula is C9H9N3O. The topological polar surface area (TPSA) is 64.9 Å². The molecule has 4 heteroatoms. The fourth-order valence-corrected chi connectivity index (χ4v) is 1.14. The highest BCUT2D eigenvalue weighted by atomic mass is 16.3. The van der Waals surface area contributed by atoms with Crippen molar-refractivity contribution in [3.63, 3.8) is 0 Å². The lowest BCUT2D eigenvalue weighted by molar-refractivity contribution is 0.578. The molecule has 0 bridgehead atoms. The number of nitrogens with zero attached hydrogens (tertiary/aromatic N) is 2. The molecule has 2 heterocycles. The van der Waals surface area contributed by atoms with Gasteiger partial charge in [-0.3, -0.25) is 4.98 Å². The van der Waals surface area contributed by atoms with Crippen LogP contribution in [-0.2, 0) is 6.54 Å². The van der Waals surface area contributed by atoms with Crippen LogP contribution in [-0.4, -0.2) is 9.97 Å². The normalized spacial score (nSPS) is 10.2. The van der Waals surface area contributed by atoms with Gasteiger partial charge in [-0.2, -0.15) is 0 Å². The van der Waals surface area contributed by atoms with Crippen molar-refractivity contribution in [3.05, 3.63) is 36.5 Å². The SMILES string of the molecule is NCc1nccnc1-c1ccco1. The summed E-state index contributed by atoms with van der Waals surface area (Å²) in [5.74, 6) is 0.702. The molecule has 66 valence electrons. The minimum absolute atomic E-state index is 0.365. The van der Waals surface area contributed by atoms with E-state index in [0.717, 1.165) is 11.4 Å². The van der Waals surface area contributed by atoms with Crippen LogP contribution >= 0.6 is 0 Å². The molecule has 0 aromatic carbocycles. The summed E-state index contributed by atoms with van der Waals surface area (Å²) in [7, 11) is 0. The van der Waals surface area contributed by atoms with E-state index in [4.69, 9.17) is 10.2 Å². The average Bonchev–Trinajstić information content (AvgIpc) is 2.70. The quantitative estimate of drug-likeness (QED) is 0.744. The van der Waals surface area contributed by atoms with Crippen molar-refractivity contribution in [2.24, 2.45) is 5.73 Å². The first kappa shape index (κ1) is 7.94. The first-order valence-corrected chi connectivity index (χ1v) is 3.95.